The number of nitrogens with zero attached hydrogens (tertiary/aromatic N) is 3. The van der Waals surface area contributed by atoms with Crippen molar-refractivity contribution in [2.45, 2.75) is 12.5 Å². The lowest BCUT2D eigenvalue weighted by Crippen LogP contribution is -2.53. The van der Waals surface area contributed by atoms with E-state index in [4.69, 9.17) is 15.7 Å². The van der Waals surface area contributed by atoms with Crippen LogP contribution in [0.3, 0.4) is 0 Å². The van der Waals surface area contributed by atoms with Gasteiger partial charge >= 0.3 is 0 Å². The van der Waals surface area contributed by atoms with Gasteiger partial charge in [0.05, 0.1) is 13.2 Å². The Balaban J connectivity index is 1.92. The Bertz CT molecular complexity index is 487. The molecule has 0 radical (unpaired) electrons. The lowest BCUT2D eigenvalue weighted by Gasteiger charge is -2.38. The van der Waals surface area contributed by atoms with E-state index in [0.717, 1.165) is 31.9 Å². The van der Waals surface area contributed by atoms with Gasteiger partial charge < -0.3 is 15.4 Å². The summed E-state index contributed by atoms with van der Waals surface area (Å²) < 4.78 is 5.26. The molecule has 5 heteroatoms. The van der Waals surface area contributed by atoms with Gasteiger partial charge in [0.15, 0.2) is 0 Å². The number of hydrogen-bond acceptors (Lipinski definition) is 5. The molecule has 1 atom stereocenters. The molecule has 108 valence electrons. The smallest absolute Gasteiger partial charge is 0.120 e. The molecule has 1 aliphatic heterocycles. The SMILES string of the molecule is COc1cccc(N2CCN(CC(C)(N)C#N)CC2)c1. The summed E-state index contributed by atoms with van der Waals surface area (Å²) in [7, 11) is 1.68. The van der Waals surface area contributed by atoms with Crippen LogP contribution in [0.5, 0.6) is 5.75 Å². The highest BCUT2D eigenvalue weighted by Crippen LogP contribution is 2.22. The molecule has 0 saturated carbocycles. The largest absolute Gasteiger partial charge is 0.497 e. The van der Waals surface area contributed by atoms with E-state index in [1.54, 1.807) is 14.0 Å². The monoisotopic (exact) mass is 274 g/mol. The van der Waals surface area contributed by atoms with Crippen LogP contribution in [0.2, 0.25) is 0 Å². The van der Waals surface area contributed by atoms with Crippen molar-refractivity contribution in [2.75, 3.05) is 44.7 Å². The highest BCUT2D eigenvalue weighted by molar-refractivity contribution is 5.51. The number of benzene rings is 1. The van der Waals surface area contributed by atoms with Crippen LogP contribution >= 0.6 is 0 Å². The van der Waals surface area contributed by atoms with Crippen molar-refractivity contribution in [3.05, 3.63) is 24.3 Å². The van der Waals surface area contributed by atoms with Crippen LogP contribution < -0.4 is 15.4 Å². The second-order valence-electron chi connectivity index (χ2n) is 5.49. The van der Waals surface area contributed by atoms with E-state index >= 15 is 0 Å². The summed E-state index contributed by atoms with van der Waals surface area (Å²) in [6.07, 6.45) is 0. The lowest BCUT2D eigenvalue weighted by molar-refractivity contribution is 0.228. The molecule has 0 aromatic heterocycles. The first kappa shape index (κ1) is 14.6. The Morgan fingerprint density at radius 3 is 2.65 bits per heavy atom. The van der Waals surface area contributed by atoms with Crippen LogP contribution in [0.1, 0.15) is 6.92 Å². The zero-order valence-corrected chi connectivity index (χ0v) is 12.2. The van der Waals surface area contributed by atoms with Crippen LogP contribution in [0.4, 0.5) is 5.69 Å². The fraction of sp³-hybridized carbons (Fsp3) is 0.533. The summed E-state index contributed by atoms with van der Waals surface area (Å²) in [5.41, 5.74) is 6.31. The van der Waals surface area contributed by atoms with Crippen molar-refractivity contribution in [1.29, 1.82) is 5.26 Å². The van der Waals surface area contributed by atoms with E-state index in [9.17, 15) is 0 Å². The molecule has 0 bridgehead atoms. The predicted octanol–water partition coefficient (Wildman–Crippen LogP) is 1.06. The first-order valence-corrected chi connectivity index (χ1v) is 6.85. The average molecular weight is 274 g/mol. The van der Waals surface area contributed by atoms with Crippen molar-refractivity contribution in [3.63, 3.8) is 0 Å². The van der Waals surface area contributed by atoms with E-state index in [1.165, 1.54) is 5.69 Å². The lowest BCUT2D eigenvalue weighted by atomic mass is 10.1. The van der Waals surface area contributed by atoms with Gasteiger partial charge in [0.1, 0.15) is 11.3 Å². The summed E-state index contributed by atoms with van der Waals surface area (Å²) in [5, 5.41) is 8.99. The molecule has 2 N–H and O–H groups in total. The molecule has 1 aromatic carbocycles. The quantitative estimate of drug-likeness (QED) is 0.889. The second kappa shape index (κ2) is 6.12. The van der Waals surface area contributed by atoms with Crippen molar-refractivity contribution >= 4 is 5.69 Å². The molecule has 0 aliphatic carbocycles. The Morgan fingerprint density at radius 1 is 1.35 bits per heavy atom. The number of ether oxygens (including phenoxy) is 1. The van der Waals surface area contributed by atoms with Crippen LogP contribution in [0, 0.1) is 11.3 Å². The molecule has 0 amide bonds. The first-order chi connectivity index (χ1) is 9.54. The summed E-state index contributed by atoms with van der Waals surface area (Å²) in [6.45, 7) is 6.12. The van der Waals surface area contributed by atoms with E-state index in [0.29, 0.717) is 6.54 Å². The molecule has 1 aromatic rings. The van der Waals surface area contributed by atoms with Crippen LogP contribution in [0.15, 0.2) is 24.3 Å². The molecule has 20 heavy (non-hydrogen) atoms. The summed E-state index contributed by atoms with van der Waals surface area (Å²) >= 11 is 0. The third kappa shape index (κ3) is 3.62. The number of nitriles is 1. The average Bonchev–Trinajstić information content (AvgIpc) is 2.48. The maximum Gasteiger partial charge on any atom is 0.120 e. The van der Waals surface area contributed by atoms with E-state index < -0.39 is 5.54 Å². The van der Waals surface area contributed by atoms with Crippen LogP contribution in [-0.4, -0.2) is 50.3 Å². The van der Waals surface area contributed by atoms with Crippen molar-refractivity contribution in [1.82, 2.24) is 4.90 Å². The van der Waals surface area contributed by atoms with Gasteiger partial charge in [-0.25, -0.2) is 0 Å². The fourth-order valence-corrected chi connectivity index (χ4v) is 2.47. The molecule has 1 saturated heterocycles. The number of piperazine rings is 1. The molecule has 1 unspecified atom stereocenters. The number of hydrogen-bond donors (Lipinski definition) is 1. The van der Waals surface area contributed by atoms with Crippen molar-refractivity contribution < 1.29 is 4.74 Å². The minimum Gasteiger partial charge on any atom is -0.497 e. The molecular weight excluding hydrogens is 252 g/mol. The van der Waals surface area contributed by atoms with Crippen LogP contribution in [-0.2, 0) is 0 Å². The van der Waals surface area contributed by atoms with Crippen molar-refractivity contribution in [3.8, 4) is 11.8 Å². The van der Waals surface area contributed by atoms with Gasteiger partial charge in [0.25, 0.3) is 0 Å². The van der Waals surface area contributed by atoms with Gasteiger partial charge in [0, 0.05) is 44.5 Å². The zero-order chi connectivity index (χ0) is 14.6. The molecule has 1 heterocycles. The fourth-order valence-electron chi connectivity index (χ4n) is 2.47. The zero-order valence-electron chi connectivity index (χ0n) is 12.2. The number of nitrogens with two attached hydrogens (primary N) is 1. The molecule has 1 fully saturated rings. The highest BCUT2D eigenvalue weighted by atomic mass is 16.5. The van der Waals surface area contributed by atoms with Crippen molar-refractivity contribution in [2.24, 2.45) is 5.73 Å². The Morgan fingerprint density at radius 2 is 2.05 bits per heavy atom. The molecule has 0 spiro atoms. The van der Waals surface area contributed by atoms with Gasteiger partial charge in [-0.2, -0.15) is 5.26 Å². The normalized spacial score (nSPS) is 19.2. The molecule has 5 nitrogen and oxygen atoms in total. The maximum atomic E-state index is 8.99. The Hall–Kier alpha value is -1.77. The van der Waals surface area contributed by atoms with Gasteiger partial charge in [-0.15, -0.1) is 0 Å². The maximum absolute atomic E-state index is 8.99. The summed E-state index contributed by atoms with van der Waals surface area (Å²) in [5.74, 6) is 0.879. The van der Waals surface area contributed by atoms with Gasteiger partial charge in [-0.1, -0.05) is 6.07 Å². The van der Waals surface area contributed by atoms with E-state index in [1.807, 2.05) is 12.1 Å². The first-order valence-electron chi connectivity index (χ1n) is 6.85. The van der Waals surface area contributed by atoms with Gasteiger partial charge in [0.2, 0.25) is 0 Å². The minimum atomic E-state index is -0.766. The number of rotatable bonds is 4. The minimum absolute atomic E-state index is 0.620. The summed E-state index contributed by atoms with van der Waals surface area (Å²) in [4.78, 5) is 4.58. The van der Waals surface area contributed by atoms with Gasteiger partial charge in [-0.05, 0) is 19.1 Å². The molecular formula is C15H22N4O. The van der Waals surface area contributed by atoms with Gasteiger partial charge in [-0.3, -0.25) is 4.90 Å². The molecule has 1 aliphatic rings. The summed E-state index contributed by atoms with van der Waals surface area (Å²) in [6, 6.07) is 10.3. The topological polar surface area (TPSA) is 65.5 Å². The number of anilines is 1. The Labute approximate surface area is 120 Å². The predicted molar refractivity (Wildman–Crippen MR) is 79.9 cm³/mol. The third-order valence-electron chi connectivity index (χ3n) is 3.60. The second-order valence-corrected chi connectivity index (χ2v) is 5.49. The molecule has 2 rings (SSSR count). The third-order valence-corrected chi connectivity index (χ3v) is 3.60. The van der Waals surface area contributed by atoms with E-state index in [-0.39, 0.29) is 0 Å². The standard InChI is InChI=1S/C15H22N4O/c1-15(17,11-16)12-18-6-8-19(9-7-18)13-4-3-5-14(10-13)20-2/h3-5,10H,6-9,12,17H2,1-2H3. The van der Waals surface area contributed by atoms with Crippen LogP contribution in [0.25, 0.3) is 0 Å². The van der Waals surface area contributed by atoms with E-state index in [2.05, 4.69) is 28.0 Å². The number of methoxy groups -OCH3 is 1. The highest BCUT2D eigenvalue weighted by Gasteiger charge is 2.25. The Kier molecular flexibility index (Phi) is 4.48.